The molecular weight excluding hydrogens is 496 g/mol. The van der Waals surface area contributed by atoms with Crippen molar-refractivity contribution in [3.8, 4) is 17.1 Å². The van der Waals surface area contributed by atoms with Gasteiger partial charge in [-0.05, 0) is 69.4 Å². The number of carbonyl (C=O) groups excluding carboxylic acids is 2. The molecule has 190 valence electrons. The summed E-state index contributed by atoms with van der Waals surface area (Å²) in [6.45, 7) is 8.97. The monoisotopic (exact) mass is 526 g/mol. The van der Waals surface area contributed by atoms with Gasteiger partial charge in [0.1, 0.15) is 10.8 Å². The Morgan fingerprint density at radius 3 is 2.67 bits per heavy atom. The van der Waals surface area contributed by atoms with Crippen LogP contribution in [0.4, 0.5) is 5.00 Å². The highest BCUT2D eigenvalue weighted by Gasteiger charge is 2.27. The molecule has 10 heteroatoms. The first-order valence-corrected chi connectivity index (χ1v) is 13.9. The second kappa shape index (κ2) is 12.2. The molecule has 0 saturated heterocycles. The van der Waals surface area contributed by atoms with Crippen molar-refractivity contribution in [2.75, 3.05) is 24.3 Å². The lowest BCUT2D eigenvalue weighted by Gasteiger charge is -2.12. The molecule has 2 aromatic heterocycles. The molecule has 0 atom stereocenters. The Kier molecular flexibility index (Phi) is 8.82. The Morgan fingerprint density at radius 2 is 1.94 bits per heavy atom. The number of allylic oxidation sites excluding steroid dienone is 1. The summed E-state index contributed by atoms with van der Waals surface area (Å²) in [5, 5.41) is 12.8. The van der Waals surface area contributed by atoms with E-state index in [1.807, 2.05) is 35.8 Å². The number of carbonyl (C=O) groups is 2. The Balaban J connectivity index is 1.48. The summed E-state index contributed by atoms with van der Waals surface area (Å²) in [4.78, 5) is 26.7. The Labute approximate surface area is 219 Å². The number of nitrogens with one attached hydrogen (secondary N) is 1. The number of esters is 1. The van der Waals surface area contributed by atoms with Crippen LogP contribution in [-0.2, 0) is 28.9 Å². The van der Waals surface area contributed by atoms with E-state index in [4.69, 9.17) is 9.47 Å². The molecular formula is C26H30N4O4S2. The molecule has 0 saturated carbocycles. The fourth-order valence-corrected chi connectivity index (χ4v) is 6.18. The van der Waals surface area contributed by atoms with Gasteiger partial charge in [0.05, 0.1) is 24.5 Å². The predicted molar refractivity (Wildman–Crippen MR) is 143 cm³/mol. The third kappa shape index (κ3) is 5.82. The Morgan fingerprint density at radius 1 is 1.17 bits per heavy atom. The highest BCUT2D eigenvalue weighted by Crippen LogP contribution is 2.38. The van der Waals surface area contributed by atoms with Gasteiger partial charge in [0.15, 0.2) is 11.0 Å². The Hall–Kier alpha value is -3.11. The minimum atomic E-state index is -0.370. The summed E-state index contributed by atoms with van der Waals surface area (Å²) >= 11 is 2.78. The van der Waals surface area contributed by atoms with E-state index in [0.29, 0.717) is 41.3 Å². The number of aromatic nitrogens is 3. The standard InChI is InChI=1S/C26H30N4O4S2/c1-4-15-30-23(17-11-13-18(14-12-17)33-5-2)28-29-26(30)35-16-21(31)27-24-22(25(32)34-6-3)19-9-7-8-10-20(19)36-24/h4,11-14H,1,5-10,15-16H2,2-3H3,(H,27,31). The molecule has 8 nitrogen and oxygen atoms in total. The van der Waals surface area contributed by atoms with Crippen LogP contribution in [0.1, 0.15) is 47.5 Å². The summed E-state index contributed by atoms with van der Waals surface area (Å²) in [5.41, 5.74) is 2.44. The molecule has 36 heavy (non-hydrogen) atoms. The van der Waals surface area contributed by atoms with Gasteiger partial charge in [0, 0.05) is 17.0 Å². The van der Waals surface area contributed by atoms with Gasteiger partial charge < -0.3 is 14.8 Å². The van der Waals surface area contributed by atoms with Crippen molar-refractivity contribution in [2.24, 2.45) is 0 Å². The largest absolute Gasteiger partial charge is 0.494 e. The zero-order valence-corrected chi connectivity index (χ0v) is 22.2. The fraction of sp³-hybridized carbons (Fsp3) is 0.385. The number of ether oxygens (including phenoxy) is 2. The number of aryl methyl sites for hydroxylation is 1. The molecule has 2 heterocycles. The van der Waals surface area contributed by atoms with E-state index in [1.54, 1.807) is 13.0 Å². The van der Waals surface area contributed by atoms with Crippen molar-refractivity contribution >= 4 is 40.0 Å². The molecule has 0 unspecified atom stereocenters. The van der Waals surface area contributed by atoms with Gasteiger partial charge in [-0.15, -0.1) is 28.1 Å². The quantitative estimate of drug-likeness (QED) is 0.204. The summed E-state index contributed by atoms with van der Waals surface area (Å²) in [7, 11) is 0. The number of fused-ring (bicyclic) bond motifs is 1. The third-order valence-corrected chi connectivity index (χ3v) is 7.86. The van der Waals surface area contributed by atoms with Crippen molar-refractivity contribution in [2.45, 2.75) is 51.2 Å². The number of amides is 1. The molecule has 0 spiro atoms. The summed E-state index contributed by atoms with van der Waals surface area (Å²) in [5.74, 6) is 1.03. The lowest BCUT2D eigenvalue weighted by molar-refractivity contribution is -0.113. The first-order valence-electron chi connectivity index (χ1n) is 12.1. The van der Waals surface area contributed by atoms with Crippen molar-refractivity contribution in [3.63, 3.8) is 0 Å². The number of thioether (sulfide) groups is 1. The molecule has 0 radical (unpaired) electrons. The van der Waals surface area contributed by atoms with Crippen LogP contribution in [0.2, 0.25) is 0 Å². The van der Waals surface area contributed by atoms with Gasteiger partial charge in [-0.3, -0.25) is 9.36 Å². The average Bonchev–Trinajstić information content (AvgIpc) is 3.44. The van der Waals surface area contributed by atoms with Crippen LogP contribution < -0.4 is 10.1 Å². The van der Waals surface area contributed by atoms with Crippen LogP contribution in [0.5, 0.6) is 5.75 Å². The van der Waals surface area contributed by atoms with E-state index in [-0.39, 0.29) is 17.6 Å². The van der Waals surface area contributed by atoms with Crippen LogP contribution in [0, 0.1) is 0 Å². The second-order valence-corrected chi connectivity index (χ2v) is 10.2. The normalized spacial score (nSPS) is 12.6. The molecule has 3 aromatic rings. The lowest BCUT2D eigenvalue weighted by atomic mass is 9.95. The minimum Gasteiger partial charge on any atom is -0.494 e. The maximum Gasteiger partial charge on any atom is 0.341 e. The number of hydrogen-bond donors (Lipinski definition) is 1. The van der Waals surface area contributed by atoms with E-state index in [1.165, 1.54) is 23.1 Å². The van der Waals surface area contributed by atoms with Gasteiger partial charge >= 0.3 is 5.97 Å². The summed E-state index contributed by atoms with van der Waals surface area (Å²) in [6.07, 6.45) is 5.66. The Bertz CT molecular complexity index is 1230. The van der Waals surface area contributed by atoms with Crippen molar-refractivity contribution < 1.29 is 19.1 Å². The maximum atomic E-state index is 12.9. The number of thiophene rings is 1. The van der Waals surface area contributed by atoms with Crippen LogP contribution in [0.25, 0.3) is 11.4 Å². The molecule has 0 bridgehead atoms. The molecule has 0 aliphatic heterocycles. The molecule has 1 amide bonds. The van der Waals surface area contributed by atoms with Gasteiger partial charge in [-0.2, -0.15) is 0 Å². The SMILES string of the molecule is C=CCn1c(SCC(=O)Nc2sc3c(c2C(=O)OCC)CCCC3)nnc1-c1ccc(OCC)cc1. The summed E-state index contributed by atoms with van der Waals surface area (Å²) < 4.78 is 12.7. The minimum absolute atomic E-state index is 0.128. The molecule has 1 aromatic carbocycles. The number of nitrogens with zero attached hydrogens (tertiary/aromatic N) is 3. The number of hydrogen-bond acceptors (Lipinski definition) is 8. The molecule has 1 N–H and O–H groups in total. The van der Waals surface area contributed by atoms with Gasteiger partial charge in [-0.25, -0.2) is 4.79 Å². The number of anilines is 1. The third-order valence-electron chi connectivity index (χ3n) is 5.69. The van der Waals surface area contributed by atoms with Crippen molar-refractivity contribution in [3.05, 3.63) is 52.9 Å². The zero-order chi connectivity index (χ0) is 25.5. The van der Waals surface area contributed by atoms with Gasteiger partial charge in [-0.1, -0.05) is 17.8 Å². The molecule has 1 aliphatic rings. The van der Waals surface area contributed by atoms with E-state index < -0.39 is 0 Å². The first kappa shape index (κ1) is 26.0. The zero-order valence-electron chi connectivity index (χ0n) is 20.5. The van der Waals surface area contributed by atoms with Crippen molar-refractivity contribution in [1.29, 1.82) is 0 Å². The fourth-order valence-electron chi connectivity index (χ4n) is 4.14. The highest BCUT2D eigenvalue weighted by molar-refractivity contribution is 7.99. The van der Waals surface area contributed by atoms with Crippen molar-refractivity contribution in [1.82, 2.24) is 14.8 Å². The van der Waals surface area contributed by atoms with Crippen LogP contribution in [-0.4, -0.2) is 45.6 Å². The average molecular weight is 527 g/mol. The van der Waals surface area contributed by atoms with Gasteiger partial charge in [0.2, 0.25) is 5.91 Å². The summed E-state index contributed by atoms with van der Waals surface area (Å²) in [6, 6.07) is 7.66. The van der Waals surface area contributed by atoms with Crippen LogP contribution >= 0.6 is 23.1 Å². The van der Waals surface area contributed by atoms with E-state index in [2.05, 4.69) is 22.1 Å². The van der Waals surface area contributed by atoms with Gasteiger partial charge in [0.25, 0.3) is 0 Å². The number of benzene rings is 1. The molecule has 1 aliphatic carbocycles. The second-order valence-electron chi connectivity index (χ2n) is 8.14. The molecule has 4 rings (SSSR count). The van der Waals surface area contributed by atoms with Crippen LogP contribution in [0.3, 0.4) is 0 Å². The van der Waals surface area contributed by atoms with E-state index >= 15 is 0 Å². The number of rotatable bonds is 11. The first-order chi connectivity index (χ1) is 17.5. The smallest absolute Gasteiger partial charge is 0.341 e. The highest BCUT2D eigenvalue weighted by atomic mass is 32.2. The van der Waals surface area contributed by atoms with E-state index in [0.717, 1.165) is 47.4 Å². The molecule has 0 fully saturated rings. The maximum absolute atomic E-state index is 12.9. The lowest BCUT2D eigenvalue weighted by Crippen LogP contribution is -2.17. The predicted octanol–water partition coefficient (Wildman–Crippen LogP) is 5.38. The van der Waals surface area contributed by atoms with E-state index in [9.17, 15) is 9.59 Å². The van der Waals surface area contributed by atoms with Crippen LogP contribution in [0.15, 0.2) is 42.1 Å². The topological polar surface area (TPSA) is 95.3 Å².